The Morgan fingerprint density at radius 1 is 1.18 bits per heavy atom. The van der Waals surface area contributed by atoms with Crippen LogP contribution < -0.4 is 0 Å². The van der Waals surface area contributed by atoms with Gasteiger partial charge >= 0.3 is 0 Å². The van der Waals surface area contributed by atoms with Crippen molar-refractivity contribution in [3.63, 3.8) is 0 Å². The number of amides is 1. The minimum absolute atomic E-state index is 0.357. The third kappa shape index (κ3) is 2.65. The molecular weight excluding hydrogens is 212 g/mol. The average Bonchev–Trinajstić information content (AvgIpc) is 2.60. The fraction of sp³-hybridized carbons (Fsp3) is 0.929. The number of carbonyl (C=O) groups excluding carboxylic acids is 1. The van der Waals surface area contributed by atoms with Crippen molar-refractivity contribution in [3.8, 4) is 0 Å². The van der Waals surface area contributed by atoms with Gasteiger partial charge in [-0.05, 0) is 45.2 Å². The monoisotopic (exact) mass is 238 g/mol. The molecule has 0 N–H and O–H groups in total. The van der Waals surface area contributed by atoms with Crippen LogP contribution in [0.3, 0.4) is 0 Å². The Labute approximate surface area is 105 Å². The summed E-state index contributed by atoms with van der Waals surface area (Å²) in [5.41, 5.74) is 0.425. The van der Waals surface area contributed by atoms with Gasteiger partial charge in [-0.2, -0.15) is 0 Å². The highest BCUT2D eigenvalue weighted by molar-refractivity contribution is 5.76. The molecule has 2 rings (SSSR count). The minimum atomic E-state index is 0.357. The summed E-state index contributed by atoms with van der Waals surface area (Å²) in [6.45, 7) is 7.41. The van der Waals surface area contributed by atoms with Gasteiger partial charge in [0, 0.05) is 25.0 Å². The molecule has 0 aromatic rings. The number of rotatable bonds is 2. The van der Waals surface area contributed by atoms with Crippen LogP contribution in [0.4, 0.5) is 0 Å². The largest absolute Gasteiger partial charge is 0.343 e. The summed E-state index contributed by atoms with van der Waals surface area (Å²) in [7, 11) is 2.25. The Morgan fingerprint density at radius 3 is 2.29 bits per heavy atom. The van der Waals surface area contributed by atoms with E-state index in [9.17, 15) is 4.79 Å². The number of carbonyl (C=O) groups is 1. The van der Waals surface area contributed by atoms with Gasteiger partial charge in [0.15, 0.2) is 0 Å². The van der Waals surface area contributed by atoms with Crippen LogP contribution in [0.15, 0.2) is 0 Å². The van der Waals surface area contributed by atoms with E-state index in [1.807, 2.05) is 0 Å². The van der Waals surface area contributed by atoms with E-state index >= 15 is 0 Å². The maximum atomic E-state index is 12.0. The van der Waals surface area contributed by atoms with E-state index in [2.05, 4.69) is 30.7 Å². The van der Waals surface area contributed by atoms with Gasteiger partial charge in [-0.15, -0.1) is 0 Å². The first-order valence-electron chi connectivity index (χ1n) is 7.02. The van der Waals surface area contributed by atoms with Crippen molar-refractivity contribution in [1.82, 2.24) is 9.80 Å². The lowest BCUT2D eigenvalue weighted by Crippen LogP contribution is -2.52. The molecule has 2 heterocycles. The molecule has 2 aliphatic rings. The van der Waals surface area contributed by atoms with Crippen molar-refractivity contribution in [3.05, 3.63) is 0 Å². The van der Waals surface area contributed by atoms with Crippen molar-refractivity contribution in [1.29, 1.82) is 0 Å². The Kier molecular flexibility index (Phi) is 3.76. The van der Waals surface area contributed by atoms with Crippen molar-refractivity contribution >= 4 is 5.91 Å². The Bertz CT molecular complexity index is 280. The van der Waals surface area contributed by atoms with Gasteiger partial charge in [0.25, 0.3) is 0 Å². The number of likely N-dealkylation sites (tertiary alicyclic amines) is 2. The van der Waals surface area contributed by atoms with E-state index in [4.69, 9.17) is 0 Å². The highest BCUT2D eigenvalue weighted by Crippen LogP contribution is 2.37. The number of nitrogens with zero attached hydrogens (tertiary/aromatic N) is 2. The quantitative estimate of drug-likeness (QED) is 0.735. The molecule has 0 aromatic carbocycles. The van der Waals surface area contributed by atoms with Gasteiger partial charge in [-0.3, -0.25) is 4.79 Å². The average molecular weight is 238 g/mol. The van der Waals surface area contributed by atoms with Crippen LogP contribution in [-0.2, 0) is 4.79 Å². The minimum Gasteiger partial charge on any atom is -0.343 e. The first-order chi connectivity index (χ1) is 8.03. The zero-order valence-electron chi connectivity index (χ0n) is 11.5. The molecule has 17 heavy (non-hydrogen) atoms. The van der Waals surface area contributed by atoms with Crippen LogP contribution in [-0.4, -0.2) is 47.9 Å². The zero-order valence-corrected chi connectivity index (χ0v) is 11.5. The molecule has 0 aliphatic carbocycles. The number of hydrogen-bond donors (Lipinski definition) is 0. The van der Waals surface area contributed by atoms with E-state index in [0.29, 0.717) is 23.8 Å². The van der Waals surface area contributed by atoms with Crippen LogP contribution in [0.5, 0.6) is 0 Å². The van der Waals surface area contributed by atoms with Gasteiger partial charge in [-0.1, -0.05) is 13.8 Å². The van der Waals surface area contributed by atoms with E-state index in [0.717, 1.165) is 13.1 Å². The fourth-order valence-corrected chi connectivity index (χ4v) is 3.36. The van der Waals surface area contributed by atoms with E-state index in [1.54, 1.807) is 0 Å². The molecular formula is C14H26N2O. The molecule has 3 heteroatoms. The molecule has 2 fully saturated rings. The summed E-state index contributed by atoms with van der Waals surface area (Å²) >= 11 is 0. The van der Waals surface area contributed by atoms with Crippen molar-refractivity contribution in [2.45, 2.75) is 51.5 Å². The summed E-state index contributed by atoms with van der Waals surface area (Å²) in [6, 6.07) is 0. The van der Waals surface area contributed by atoms with Crippen LogP contribution in [0.1, 0.15) is 46.0 Å². The predicted octanol–water partition coefficient (Wildman–Crippen LogP) is 2.12. The molecule has 0 saturated carbocycles. The highest BCUT2D eigenvalue weighted by atomic mass is 16.2. The number of hydrogen-bond acceptors (Lipinski definition) is 2. The van der Waals surface area contributed by atoms with E-state index in [-0.39, 0.29) is 0 Å². The lowest BCUT2D eigenvalue weighted by Gasteiger charge is -2.43. The van der Waals surface area contributed by atoms with Gasteiger partial charge < -0.3 is 9.80 Å². The third-order valence-corrected chi connectivity index (χ3v) is 4.58. The molecule has 2 aliphatic heterocycles. The molecule has 0 bridgehead atoms. The Morgan fingerprint density at radius 2 is 1.82 bits per heavy atom. The summed E-state index contributed by atoms with van der Waals surface area (Å²) in [6.07, 6.45) is 5.72. The lowest BCUT2D eigenvalue weighted by molar-refractivity contribution is -0.134. The second-order valence-corrected chi connectivity index (χ2v) is 6.23. The SMILES string of the molecule is CC(C)CC(=O)N1CCC2(CCCN2C)CC1. The van der Waals surface area contributed by atoms with Gasteiger partial charge in [0.05, 0.1) is 0 Å². The normalized spacial score (nSPS) is 24.8. The molecule has 2 saturated heterocycles. The van der Waals surface area contributed by atoms with Crippen LogP contribution in [0.25, 0.3) is 0 Å². The molecule has 3 nitrogen and oxygen atoms in total. The smallest absolute Gasteiger partial charge is 0.222 e. The fourth-order valence-electron chi connectivity index (χ4n) is 3.36. The van der Waals surface area contributed by atoms with E-state index < -0.39 is 0 Å². The maximum Gasteiger partial charge on any atom is 0.222 e. The summed E-state index contributed by atoms with van der Waals surface area (Å²) < 4.78 is 0. The summed E-state index contributed by atoms with van der Waals surface area (Å²) in [5, 5.41) is 0. The van der Waals surface area contributed by atoms with E-state index in [1.165, 1.54) is 32.2 Å². The molecule has 0 aromatic heterocycles. The summed E-state index contributed by atoms with van der Waals surface area (Å²) in [5.74, 6) is 0.836. The Hall–Kier alpha value is -0.570. The molecule has 98 valence electrons. The second-order valence-electron chi connectivity index (χ2n) is 6.23. The second kappa shape index (κ2) is 4.97. The first-order valence-corrected chi connectivity index (χ1v) is 7.02. The lowest BCUT2D eigenvalue weighted by atomic mass is 9.85. The molecule has 0 atom stereocenters. The van der Waals surface area contributed by atoms with Crippen LogP contribution >= 0.6 is 0 Å². The molecule has 0 unspecified atom stereocenters. The van der Waals surface area contributed by atoms with Gasteiger partial charge in [0.1, 0.15) is 0 Å². The zero-order chi connectivity index (χ0) is 12.5. The highest BCUT2D eigenvalue weighted by Gasteiger charge is 2.41. The summed E-state index contributed by atoms with van der Waals surface area (Å²) in [4.78, 5) is 16.6. The molecule has 0 radical (unpaired) electrons. The van der Waals surface area contributed by atoms with Crippen molar-refractivity contribution in [2.24, 2.45) is 5.92 Å². The molecule has 1 amide bonds. The Balaban J connectivity index is 1.87. The van der Waals surface area contributed by atoms with Gasteiger partial charge in [-0.25, -0.2) is 0 Å². The maximum absolute atomic E-state index is 12.0. The molecule has 1 spiro atoms. The predicted molar refractivity (Wildman–Crippen MR) is 69.9 cm³/mol. The van der Waals surface area contributed by atoms with Gasteiger partial charge in [0.2, 0.25) is 5.91 Å². The topological polar surface area (TPSA) is 23.6 Å². The standard InChI is InChI=1S/C14H26N2O/c1-12(2)11-13(17)16-9-6-14(7-10-16)5-4-8-15(14)3/h12H,4-11H2,1-3H3. The third-order valence-electron chi connectivity index (χ3n) is 4.58. The number of piperidine rings is 1. The first kappa shape index (κ1) is 12.9. The van der Waals surface area contributed by atoms with Crippen LogP contribution in [0.2, 0.25) is 0 Å². The van der Waals surface area contributed by atoms with Crippen molar-refractivity contribution < 1.29 is 4.79 Å². The van der Waals surface area contributed by atoms with Crippen LogP contribution in [0, 0.1) is 5.92 Å². The van der Waals surface area contributed by atoms with Crippen molar-refractivity contribution in [2.75, 3.05) is 26.7 Å².